The number of nitrogen functional groups attached to an aromatic ring is 2. The summed E-state index contributed by atoms with van der Waals surface area (Å²) in [5.74, 6) is 0. The summed E-state index contributed by atoms with van der Waals surface area (Å²) in [6.07, 6.45) is 4.01. The quantitative estimate of drug-likeness (QED) is 0.342. The molecule has 0 spiro atoms. The molecule has 0 bridgehead atoms. The molecule has 0 unspecified atom stereocenters. The molecule has 6 heteroatoms. The van der Waals surface area contributed by atoms with Gasteiger partial charge in [-0.05, 0) is 37.4 Å². The van der Waals surface area contributed by atoms with Crippen LogP contribution in [0.1, 0.15) is 11.1 Å². The van der Waals surface area contributed by atoms with Gasteiger partial charge in [-0.25, -0.2) is 4.99 Å². The smallest absolute Gasteiger partial charge is 0.211 e. The van der Waals surface area contributed by atoms with E-state index >= 15 is 0 Å². The number of thioether (sulfide) groups is 1. The van der Waals surface area contributed by atoms with Gasteiger partial charge in [-0.2, -0.15) is 0 Å². The zero-order chi connectivity index (χ0) is 17.9. The van der Waals surface area contributed by atoms with Gasteiger partial charge in [0, 0.05) is 17.5 Å². The Bertz CT molecular complexity index is 690. The lowest BCUT2D eigenvalue weighted by atomic mass is 10.2. The van der Waals surface area contributed by atoms with Crippen molar-refractivity contribution in [2.75, 3.05) is 23.0 Å². The first-order valence-corrected chi connectivity index (χ1v) is 8.39. The van der Waals surface area contributed by atoms with E-state index in [1.165, 1.54) is 23.5 Å². The average molecular weight is 342 g/mol. The van der Waals surface area contributed by atoms with Crippen molar-refractivity contribution in [3.63, 3.8) is 0 Å². The number of benzene rings is 2. The van der Waals surface area contributed by atoms with Crippen molar-refractivity contribution >= 4 is 40.3 Å². The van der Waals surface area contributed by atoms with Gasteiger partial charge in [0.05, 0.1) is 11.4 Å². The average Bonchev–Trinajstić information content (AvgIpc) is 2.58. The van der Waals surface area contributed by atoms with E-state index in [4.69, 9.17) is 11.5 Å². The number of anilines is 3. The third-order valence-electron chi connectivity index (χ3n) is 2.99. The molecule has 126 valence electrons. The van der Waals surface area contributed by atoms with E-state index in [2.05, 4.69) is 16.9 Å². The normalized spacial score (nSPS) is 10.3. The first-order chi connectivity index (χ1) is 11.5. The number of nitrogens with zero attached hydrogens (tertiary/aromatic N) is 1. The van der Waals surface area contributed by atoms with Gasteiger partial charge < -0.3 is 16.8 Å². The summed E-state index contributed by atoms with van der Waals surface area (Å²) < 4.78 is 0. The zero-order valence-electron chi connectivity index (χ0n) is 13.8. The maximum Gasteiger partial charge on any atom is 0.211 e. The van der Waals surface area contributed by atoms with Crippen molar-refractivity contribution in [3.8, 4) is 0 Å². The molecule has 5 nitrogen and oxygen atoms in total. The van der Waals surface area contributed by atoms with E-state index in [9.17, 15) is 4.79 Å². The van der Waals surface area contributed by atoms with E-state index in [1.807, 2.05) is 43.5 Å². The number of nitrogens with one attached hydrogen (secondary N) is 1. The van der Waals surface area contributed by atoms with Crippen LogP contribution in [0, 0.1) is 6.92 Å². The number of hydrogen-bond donors (Lipinski definition) is 3. The fourth-order valence-corrected chi connectivity index (χ4v) is 2.33. The highest BCUT2D eigenvalue weighted by molar-refractivity contribution is 8.13. The predicted molar refractivity (Wildman–Crippen MR) is 106 cm³/mol. The Labute approximate surface area is 146 Å². The van der Waals surface area contributed by atoms with Gasteiger partial charge in [0.1, 0.15) is 5.04 Å². The molecule has 0 aliphatic carbocycles. The van der Waals surface area contributed by atoms with Crippen LogP contribution in [-0.2, 0) is 4.79 Å². The summed E-state index contributed by atoms with van der Waals surface area (Å²) >= 11 is 1.51. The molecule has 0 fully saturated rings. The lowest BCUT2D eigenvalue weighted by Crippen LogP contribution is -2.02. The maximum atomic E-state index is 10.3. The number of carbonyl (C=O) groups excluding carboxylic acids is 1. The van der Waals surface area contributed by atoms with Crippen molar-refractivity contribution in [1.29, 1.82) is 0 Å². The Balaban J connectivity index is 0.000000300. The molecule has 24 heavy (non-hydrogen) atoms. The van der Waals surface area contributed by atoms with Gasteiger partial charge in [0.2, 0.25) is 6.41 Å². The number of aryl methyl sites for hydroxylation is 1. The predicted octanol–water partition coefficient (Wildman–Crippen LogP) is 3.67. The summed E-state index contributed by atoms with van der Waals surface area (Å²) in [7, 11) is 0. The van der Waals surface area contributed by atoms with Crippen LogP contribution in [0.2, 0.25) is 0 Å². The van der Waals surface area contributed by atoms with Crippen LogP contribution < -0.4 is 16.8 Å². The van der Waals surface area contributed by atoms with E-state index in [0.717, 1.165) is 16.3 Å². The summed E-state index contributed by atoms with van der Waals surface area (Å²) in [5, 5.41) is 3.35. The highest BCUT2D eigenvalue weighted by Gasteiger charge is 2.04. The molecule has 0 aromatic heterocycles. The number of amides is 1. The summed E-state index contributed by atoms with van der Waals surface area (Å²) in [6, 6.07) is 13.1. The highest BCUT2D eigenvalue weighted by Crippen LogP contribution is 2.22. The van der Waals surface area contributed by atoms with Gasteiger partial charge in [-0.15, -0.1) is 11.8 Å². The van der Waals surface area contributed by atoms with Crippen LogP contribution in [0.15, 0.2) is 60.2 Å². The molecule has 2 rings (SSSR count). The summed E-state index contributed by atoms with van der Waals surface area (Å²) in [4.78, 5) is 14.4. The Kier molecular flexibility index (Phi) is 8.15. The van der Waals surface area contributed by atoms with E-state index in [0.29, 0.717) is 17.8 Å². The SMILES string of the molecule is C=CN=C(SC)c1ccc(NC=O)c(N)c1.Cc1ccc(N)cc1. The third-order valence-corrected chi connectivity index (χ3v) is 3.72. The number of hydrogen-bond acceptors (Lipinski definition) is 5. The van der Waals surface area contributed by atoms with Crippen LogP contribution in [0.25, 0.3) is 0 Å². The van der Waals surface area contributed by atoms with Crippen molar-refractivity contribution in [1.82, 2.24) is 0 Å². The highest BCUT2D eigenvalue weighted by atomic mass is 32.2. The molecule has 0 radical (unpaired) electrons. The first kappa shape index (κ1) is 19.3. The molecule has 0 atom stereocenters. The Hall–Kier alpha value is -2.73. The number of aliphatic imine (C=N–C) groups is 1. The van der Waals surface area contributed by atoms with Crippen molar-refractivity contribution in [2.45, 2.75) is 6.92 Å². The monoisotopic (exact) mass is 342 g/mol. The van der Waals surface area contributed by atoms with Gasteiger partial charge in [0.15, 0.2) is 0 Å². The minimum atomic E-state index is 0.510. The molecule has 0 aliphatic rings. The molecule has 2 aromatic carbocycles. The fraction of sp³-hybridized carbons (Fsp3) is 0.111. The molecule has 1 amide bonds. The minimum Gasteiger partial charge on any atom is -0.399 e. The van der Waals surface area contributed by atoms with Crippen LogP contribution in [0.3, 0.4) is 0 Å². The van der Waals surface area contributed by atoms with E-state index in [1.54, 1.807) is 12.1 Å². The lowest BCUT2D eigenvalue weighted by molar-refractivity contribution is -0.105. The fourth-order valence-electron chi connectivity index (χ4n) is 1.79. The Morgan fingerprint density at radius 1 is 1.21 bits per heavy atom. The van der Waals surface area contributed by atoms with E-state index < -0.39 is 0 Å². The van der Waals surface area contributed by atoms with Crippen LogP contribution in [0.4, 0.5) is 17.1 Å². The number of rotatable bonds is 4. The molecule has 0 heterocycles. The second-order valence-corrected chi connectivity index (χ2v) is 5.59. The molecule has 0 saturated carbocycles. The minimum absolute atomic E-state index is 0.510. The van der Waals surface area contributed by atoms with Crippen molar-refractivity contribution in [3.05, 3.63) is 66.4 Å². The lowest BCUT2D eigenvalue weighted by Gasteiger charge is -2.07. The number of nitrogens with two attached hydrogens (primary N) is 2. The summed E-state index contributed by atoms with van der Waals surface area (Å²) in [6.45, 7) is 5.59. The van der Waals surface area contributed by atoms with Gasteiger partial charge >= 0.3 is 0 Å². The molecule has 5 N–H and O–H groups in total. The van der Waals surface area contributed by atoms with Crippen LogP contribution in [0.5, 0.6) is 0 Å². The molecule has 0 aliphatic heterocycles. The topological polar surface area (TPSA) is 93.5 Å². The molecular weight excluding hydrogens is 320 g/mol. The van der Waals surface area contributed by atoms with E-state index in [-0.39, 0.29) is 0 Å². The van der Waals surface area contributed by atoms with Crippen molar-refractivity contribution < 1.29 is 4.79 Å². The zero-order valence-corrected chi connectivity index (χ0v) is 14.6. The Morgan fingerprint density at radius 2 is 1.88 bits per heavy atom. The molecular formula is C18H22N4OS. The first-order valence-electron chi connectivity index (χ1n) is 7.16. The standard InChI is InChI=1S/C11H13N3OS.C7H9N/c1-3-13-11(16-2)8-4-5-10(14-7-15)9(12)6-8;1-6-2-4-7(8)5-3-6/h3-7H,1,12H2,2H3,(H,14,15);2-5H,8H2,1H3. The van der Waals surface area contributed by atoms with Crippen molar-refractivity contribution in [2.24, 2.45) is 4.99 Å². The second kappa shape index (κ2) is 10.1. The van der Waals surface area contributed by atoms with Crippen LogP contribution in [-0.4, -0.2) is 17.7 Å². The van der Waals surface area contributed by atoms with Gasteiger partial charge in [-0.1, -0.05) is 30.3 Å². The number of carbonyl (C=O) groups is 1. The van der Waals surface area contributed by atoms with Crippen LogP contribution >= 0.6 is 11.8 Å². The second-order valence-electron chi connectivity index (χ2n) is 4.80. The van der Waals surface area contributed by atoms with Gasteiger partial charge in [0.25, 0.3) is 0 Å². The summed E-state index contributed by atoms with van der Waals surface area (Å²) in [5.41, 5.74) is 15.3. The largest absolute Gasteiger partial charge is 0.399 e. The van der Waals surface area contributed by atoms with Gasteiger partial charge in [-0.3, -0.25) is 4.79 Å². The third kappa shape index (κ3) is 6.18. The molecule has 2 aromatic rings. The maximum absolute atomic E-state index is 10.3. The molecule has 0 saturated heterocycles. The Morgan fingerprint density at radius 3 is 2.33 bits per heavy atom.